The molecular formula is C16H24O. The molecule has 0 spiro atoms. The van der Waals surface area contributed by atoms with Crippen LogP contribution in [-0.4, -0.2) is 7.11 Å². The topological polar surface area (TPSA) is 9.23 Å². The number of hydrogen-bond acceptors (Lipinski definition) is 1. The summed E-state index contributed by atoms with van der Waals surface area (Å²) in [5.74, 6) is 1.71. The van der Waals surface area contributed by atoms with Gasteiger partial charge in [-0.1, -0.05) is 45.9 Å². The molecule has 0 saturated carbocycles. The number of ether oxygens (including phenoxy) is 1. The fourth-order valence-electron chi connectivity index (χ4n) is 2.01. The van der Waals surface area contributed by atoms with Crippen LogP contribution in [0.5, 0.6) is 0 Å². The number of allylic oxidation sites excluding steroid dienone is 1. The van der Waals surface area contributed by atoms with Gasteiger partial charge in [0, 0.05) is 6.42 Å². The molecule has 2 rings (SSSR count). The van der Waals surface area contributed by atoms with E-state index in [4.69, 9.17) is 4.74 Å². The average molecular weight is 232 g/mol. The Bertz CT molecular complexity index is 389. The summed E-state index contributed by atoms with van der Waals surface area (Å²) in [5, 5.41) is 0. The van der Waals surface area contributed by atoms with Gasteiger partial charge in [0.05, 0.1) is 12.9 Å². The molecule has 17 heavy (non-hydrogen) atoms. The minimum absolute atomic E-state index is 0.614. The molecule has 1 heteroatoms. The van der Waals surface area contributed by atoms with E-state index in [2.05, 4.69) is 38.1 Å². The Labute approximate surface area is 106 Å². The molecule has 1 aromatic carbocycles. The van der Waals surface area contributed by atoms with E-state index in [-0.39, 0.29) is 0 Å². The van der Waals surface area contributed by atoms with E-state index in [0.29, 0.717) is 5.92 Å². The zero-order valence-corrected chi connectivity index (χ0v) is 11.7. The van der Waals surface area contributed by atoms with Crippen molar-refractivity contribution in [1.29, 1.82) is 0 Å². The largest absolute Gasteiger partial charge is 0.501 e. The standard InChI is InChI=1S/C14H18O.C2H6/c1-10(2)11-4-5-13-9-14(15-3)7-6-12(13)8-11;1-2/h4-5,8-10H,6-7H2,1-3H3;1-2H3. The maximum absolute atomic E-state index is 5.29. The van der Waals surface area contributed by atoms with Gasteiger partial charge in [-0.05, 0) is 35.1 Å². The molecule has 0 aliphatic heterocycles. The molecule has 94 valence electrons. The molecule has 0 aromatic heterocycles. The summed E-state index contributed by atoms with van der Waals surface area (Å²) in [6.07, 6.45) is 4.30. The van der Waals surface area contributed by atoms with Crippen molar-refractivity contribution in [1.82, 2.24) is 0 Å². The van der Waals surface area contributed by atoms with Crippen molar-refractivity contribution >= 4 is 6.08 Å². The lowest BCUT2D eigenvalue weighted by molar-refractivity contribution is 0.280. The Morgan fingerprint density at radius 3 is 2.41 bits per heavy atom. The first kappa shape index (κ1) is 13.8. The van der Waals surface area contributed by atoms with E-state index >= 15 is 0 Å². The van der Waals surface area contributed by atoms with Crippen LogP contribution >= 0.6 is 0 Å². The van der Waals surface area contributed by atoms with Gasteiger partial charge in [0.25, 0.3) is 0 Å². The highest BCUT2D eigenvalue weighted by molar-refractivity contribution is 5.59. The molecule has 0 fully saturated rings. The van der Waals surface area contributed by atoms with Crippen molar-refractivity contribution < 1.29 is 4.74 Å². The molecule has 1 aliphatic carbocycles. The lowest BCUT2D eigenvalue weighted by Gasteiger charge is -2.17. The summed E-state index contributed by atoms with van der Waals surface area (Å²) in [6, 6.07) is 6.77. The first-order chi connectivity index (χ1) is 8.20. The summed E-state index contributed by atoms with van der Waals surface area (Å²) >= 11 is 0. The second-order valence-corrected chi connectivity index (χ2v) is 4.43. The highest BCUT2D eigenvalue weighted by Crippen LogP contribution is 2.27. The van der Waals surface area contributed by atoms with E-state index in [1.807, 2.05) is 13.8 Å². The monoisotopic (exact) mass is 232 g/mol. The highest BCUT2D eigenvalue weighted by Gasteiger charge is 2.11. The average Bonchev–Trinajstić information content (AvgIpc) is 2.39. The van der Waals surface area contributed by atoms with Gasteiger partial charge in [-0.3, -0.25) is 0 Å². The highest BCUT2D eigenvalue weighted by atomic mass is 16.5. The summed E-state index contributed by atoms with van der Waals surface area (Å²) < 4.78 is 5.29. The van der Waals surface area contributed by atoms with Gasteiger partial charge in [0.1, 0.15) is 0 Å². The quantitative estimate of drug-likeness (QED) is 0.713. The maximum Gasteiger partial charge on any atom is 0.0964 e. The second-order valence-electron chi connectivity index (χ2n) is 4.43. The van der Waals surface area contributed by atoms with E-state index in [0.717, 1.165) is 18.6 Å². The van der Waals surface area contributed by atoms with Crippen molar-refractivity contribution in [2.24, 2.45) is 0 Å². The van der Waals surface area contributed by atoms with Crippen LogP contribution in [0.1, 0.15) is 56.7 Å². The Hall–Kier alpha value is -1.24. The Kier molecular flexibility index (Phi) is 5.27. The number of hydrogen-bond donors (Lipinski definition) is 0. The van der Waals surface area contributed by atoms with Crippen LogP contribution in [0, 0.1) is 0 Å². The van der Waals surface area contributed by atoms with Gasteiger partial charge in [-0.2, -0.15) is 0 Å². The SMILES string of the molecule is CC.COC1=Cc2ccc(C(C)C)cc2CC1. The Morgan fingerprint density at radius 2 is 1.82 bits per heavy atom. The summed E-state index contributed by atoms with van der Waals surface area (Å²) in [5.41, 5.74) is 4.22. The Balaban J connectivity index is 0.000000686. The number of fused-ring (bicyclic) bond motifs is 1. The molecule has 0 heterocycles. The summed E-state index contributed by atoms with van der Waals surface area (Å²) in [7, 11) is 1.75. The van der Waals surface area contributed by atoms with Crippen molar-refractivity contribution in [3.05, 3.63) is 40.6 Å². The van der Waals surface area contributed by atoms with E-state index < -0.39 is 0 Å². The fourth-order valence-corrected chi connectivity index (χ4v) is 2.01. The second kappa shape index (κ2) is 6.48. The van der Waals surface area contributed by atoms with E-state index in [1.165, 1.54) is 16.7 Å². The lowest BCUT2D eigenvalue weighted by Crippen LogP contribution is -2.02. The van der Waals surface area contributed by atoms with Crippen LogP contribution in [-0.2, 0) is 11.2 Å². The molecule has 0 unspecified atom stereocenters. The number of rotatable bonds is 2. The Morgan fingerprint density at radius 1 is 1.12 bits per heavy atom. The van der Waals surface area contributed by atoms with Crippen LogP contribution in [0.3, 0.4) is 0 Å². The van der Waals surface area contributed by atoms with Gasteiger partial charge in [0.2, 0.25) is 0 Å². The molecule has 0 N–H and O–H groups in total. The first-order valence-electron chi connectivity index (χ1n) is 6.58. The summed E-state index contributed by atoms with van der Waals surface area (Å²) in [6.45, 7) is 8.47. The lowest BCUT2D eigenvalue weighted by atomic mass is 9.91. The van der Waals surface area contributed by atoms with Crippen LogP contribution in [0.25, 0.3) is 6.08 Å². The zero-order chi connectivity index (χ0) is 12.8. The molecule has 0 atom stereocenters. The predicted octanol–water partition coefficient (Wildman–Crippen LogP) is 4.77. The number of aryl methyl sites for hydroxylation is 1. The third-order valence-electron chi connectivity index (χ3n) is 3.05. The number of methoxy groups -OCH3 is 1. The molecule has 0 bridgehead atoms. The van der Waals surface area contributed by atoms with Gasteiger partial charge in [-0.25, -0.2) is 0 Å². The van der Waals surface area contributed by atoms with Crippen LogP contribution in [0.2, 0.25) is 0 Å². The van der Waals surface area contributed by atoms with Gasteiger partial charge >= 0.3 is 0 Å². The third kappa shape index (κ3) is 3.36. The van der Waals surface area contributed by atoms with Crippen molar-refractivity contribution in [2.45, 2.75) is 46.5 Å². The molecular weight excluding hydrogens is 208 g/mol. The van der Waals surface area contributed by atoms with E-state index in [1.54, 1.807) is 7.11 Å². The minimum Gasteiger partial charge on any atom is -0.501 e. The van der Waals surface area contributed by atoms with Crippen LogP contribution < -0.4 is 0 Å². The normalized spacial score (nSPS) is 13.4. The fraction of sp³-hybridized carbons (Fsp3) is 0.500. The zero-order valence-electron chi connectivity index (χ0n) is 11.7. The molecule has 1 aromatic rings. The number of benzene rings is 1. The first-order valence-corrected chi connectivity index (χ1v) is 6.58. The smallest absolute Gasteiger partial charge is 0.0964 e. The maximum atomic E-state index is 5.29. The van der Waals surface area contributed by atoms with Crippen LogP contribution in [0.4, 0.5) is 0 Å². The predicted molar refractivity (Wildman–Crippen MR) is 75.2 cm³/mol. The molecule has 1 nitrogen and oxygen atoms in total. The van der Waals surface area contributed by atoms with Crippen molar-refractivity contribution in [3.8, 4) is 0 Å². The minimum atomic E-state index is 0.614. The van der Waals surface area contributed by atoms with E-state index in [9.17, 15) is 0 Å². The van der Waals surface area contributed by atoms with Gasteiger partial charge in [-0.15, -0.1) is 0 Å². The molecule has 0 saturated heterocycles. The third-order valence-corrected chi connectivity index (χ3v) is 3.05. The van der Waals surface area contributed by atoms with Gasteiger partial charge in [0.15, 0.2) is 0 Å². The molecule has 0 amide bonds. The van der Waals surface area contributed by atoms with Crippen molar-refractivity contribution in [3.63, 3.8) is 0 Å². The van der Waals surface area contributed by atoms with Gasteiger partial charge < -0.3 is 4.74 Å². The van der Waals surface area contributed by atoms with Crippen molar-refractivity contribution in [2.75, 3.05) is 7.11 Å². The summed E-state index contributed by atoms with van der Waals surface area (Å²) in [4.78, 5) is 0. The van der Waals surface area contributed by atoms with Crippen LogP contribution in [0.15, 0.2) is 24.0 Å². The molecule has 0 radical (unpaired) electrons. The molecule has 1 aliphatic rings.